The minimum atomic E-state index is 0.639. The Labute approximate surface area is 101 Å². The summed E-state index contributed by atoms with van der Waals surface area (Å²) in [7, 11) is 1.80. The molecule has 3 heteroatoms. The lowest BCUT2D eigenvalue weighted by Crippen LogP contribution is -2.41. The first-order chi connectivity index (χ1) is 7.67. The van der Waals surface area contributed by atoms with Gasteiger partial charge in [-0.15, -0.1) is 0 Å². The van der Waals surface area contributed by atoms with Crippen molar-refractivity contribution in [3.8, 4) is 0 Å². The zero-order valence-corrected chi connectivity index (χ0v) is 11.3. The maximum absolute atomic E-state index is 5.23. The van der Waals surface area contributed by atoms with Gasteiger partial charge in [0.1, 0.15) is 0 Å². The Morgan fingerprint density at radius 1 is 1.44 bits per heavy atom. The molecule has 0 bridgehead atoms. The van der Waals surface area contributed by atoms with Gasteiger partial charge in [0.15, 0.2) is 0 Å². The van der Waals surface area contributed by atoms with Gasteiger partial charge >= 0.3 is 0 Å². The molecular formula is C13H28N2O. The van der Waals surface area contributed by atoms with E-state index in [0.717, 1.165) is 19.1 Å². The van der Waals surface area contributed by atoms with Gasteiger partial charge in [-0.05, 0) is 39.2 Å². The van der Waals surface area contributed by atoms with E-state index in [4.69, 9.17) is 4.74 Å². The lowest BCUT2D eigenvalue weighted by molar-refractivity contribution is 0.147. The van der Waals surface area contributed by atoms with Crippen LogP contribution in [0.5, 0.6) is 0 Å². The van der Waals surface area contributed by atoms with Crippen molar-refractivity contribution in [2.45, 2.75) is 45.7 Å². The van der Waals surface area contributed by atoms with Crippen LogP contribution < -0.4 is 5.32 Å². The fourth-order valence-electron chi connectivity index (χ4n) is 2.28. The van der Waals surface area contributed by atoms with E-state index in [2.05, 4.69) is 31.0 Å². The van der Waals surface area contributed by atoms with Gasteiger partial charge in [0.2, 0.25) is 0 Å². The number of ether oxygens (including phenoxy) is 1. The van der Waals surface area contributed by atoms with E-state index in [0.29, 0.717) is 12.1 Å². The molecule has 1 saturated heterocycles. The summed E-state index contributed by atoms with van der Waals surface area (Å²) in [6.07, 6.45) is 2.50. The maximum atomic E-state index is 5.23. The molecule has 1 aliphatic rings. The molecule has 3 unspecified atom stereocenters. The third kappa shape index (κ3) is 4.40. The first-order valence-electron chi connectivity index (χ1n) is 6.63. The fraction of sp³-hybridized carbons (Fsp3) is 1.00. The number of methoxy groups -OCH3 is 1. The van der Waals surface area contributed by atoms with Crippen LogP contribution >= 0.6 is 0 Å². The third-order valence-corrected chi connectivity index (χ3v) is 3.72. The smallest absolute Gasteiger partial charge is 0.0503 e. The van der Waals surface area contributed by atoms with Crippen LogP contribution in [0.1, 0.15) is 33.6 Å². The van der Waals surface area contributed by atoms with E-state index in [9.17, 15) is 0 Å². The van der Waals surface area contributed by atoms with Crippen molar-refractivity contribution >= 4 is 0 Å². The standard InChI is InChI=1S/C13H28N2O/c1-5-11(2)14-8-12(3)15-7-6-13(9-15)10-16-4/h11-14H,5-10H2,1-4H3. The van der Waals surface area contributed by atoms with E-state index in [1.165, 1.54) is 25.9 Å². The number of hydrogen-bond donors (Lipinski definition) is 1. The first-order valence-corrected chi connectivity index (χ1v) is 6.63. The van der Waals surface area contributed by atoms with E-state index < -0.39 is 0 Å². The van der Waals surface area contributed by atoms with Crippen molar-refractivity contribution in [2.75, 3.05) is 33.4 Å². The maximum Gasteiger partial charge on any atom is 0.0503 e. The van der Waals surface area contributed by atoms with Crippen molar-refractivity contribution in [3.63, 3.8) is 0 Å². The Hall–Kier alpha value is -0.120. The summed E-state index contributed by atoms with van der Waals surface area (Å²) < 4.78 is 5.23. The van der Waals surface area contributed by atoms with E-state index >= 15 is 0 Å². The lowest BCUT2D eigenvalue weighted by Gasteiger charge is -2.26. The number of likely N-dealkylation sites (tertiary alicyclic amines) is 1. The van der Waals surface area contributed by atoms with Crippen LogP contribution in [0.15, 0.2) is 0 Å². The van der Waals surface area contributed by atoms with Gasteiger partial charge in [-0.2, -0.15) is 0 Å². The van der Waals surface area contributed by atoms with E-state index in [-0.39, 0.29) is 0 Å². The molecule has 0 aromatic carbocycles. The molecule has 0 aliphatic carbocycles. The molecule has 0 radical (unpaired) electrons. The molecule has 96 valence electrons. The Morgan fingerprint density at radius 3 is 2.81 bits per heavy atom. The largest absolute Gasteiger partial charge is 0.384 e. The first kappa shape index (κ1) is 13.9. The van der Waals surface area contributed by atoms with Gasteiger partial charge in [-0.1, -0.05) is 6.92 Å². The van der Waals surface area contributed by atoms with Gasteiger partial charge < -0.3 is 10.1 Å². The molecule has 1 heterocycles. The second-order valence-electron chi connectivity index (χ2n) is 5.17. The van der Waals surface area contributed by atoms with Crippen LogP contribution in [0.25, 0.3) is 0 Å². The number of nitrogens with zero attached hydrogens (tertiary/aromatic N) is 1. The molecule has 0 aromatic rings. The summed E-state index contributed by atoms with van der Waals surface area (Å²) in [5.74, 6) is 0.746. The van der Waals surface area contributed by atoms with Crippen molar-refractivity contribution in [3.05, 3.63) is 0 Å². The summed E-state index contributed by atoms with van der Waals surface area (Å²) in [6, 6.07) is 1.29. The summed E-state index contributed by atoms with van der Waals surface area (Å²) in [5, 5.41) is 3.58. The molecule has 1 N–H and O–H groups in total. The van der Waals surface area contributed by atoms with Crippen LogP contribution in [0.2, 0.25) is 0 Å². The van der Waals surface area contributed by atoms with Gasteiger partial charge in [-0.25, -0.2) is 0 Å². The zero-order valence-electron chi connectivity index (χ0n) is 11.3. The second kappa shape index (κ2) is 7.25. The third-order valence-electron chi connectivity index (χ3n) is 3.72. The van der Waals surface area contributed by atoms with Crippen LogP contribution in [0, 0.1) is 5.92 Å². The molecule has 16 heavy (non-hydrogen) atoms. The molecule has 0 spiro atoms. The Bertz CT molecular complexity index is 187. The second-order valence-corrected chi connectivity index (χ2v) is 5.17. The summed E-state index contributed by atoms with van der Waals surface area (Å²) in [6.45, 7) is 11.3. The topological polar surface area (TPSA) is 24.5 Å². The molecule has 0 aromatic heterocycles. The van der Waals surface area contributed by atoms with Crippen LogP contribution in [0.3, 0.4) is 0 Å². The predicted octanol–water partition coefficient (Wildman–Crippen LogP) is 1.73. The SMILES string of the molecule is CCC(C)NCC(C)N1CCC(COC)C1. The molecule has 0 amide bonds. The zero-order chi connectivity index (χ0) is 12.0. The number of nitrogens with one attached hydrogen (secondary N) is 1. The molecule has 1 aliphatic heterocycles. The average Bonchev–Trinajstić information content (AvgIpc) is 2.74. The monoisotopic (exact) mass is 228 g/mol. The minimum Gasteiger partial charge on any atom is -0.384 e. The summed E-state index contributed by atoms with van der Waals surface area (Å²) in [4.78, 5) is 2.58. The highest BCUT2D eigenvalue weighted by Crippen LogP contribution is 2.18. The molecule has 1 fully saturated rings. The van der Waals surface area contributed by atoms with Crippen molar-refractivity contribution in [1.82, 2.24) is 10.2 Å². The van der Waals surface area contributed by atoms with Crippen molar-refractivity contribution in [1.29, 1.82) is 0 Å². The van der Waals surface area contributed by atoms with Crippen LogP contribution in [-0.2, 0) is 4.74 Å². The molecule has 3 nitrogen and oxygen atoms in total. The minimum absolute atomic E-state index is 0.639. The van der Waals surface area contributed by atoms with Crippen molar-refractivity contribution in [2.24, 2.45) is 5.92 Å². The van der Waals surface area contributed by atoms with Gasteiger partial charge in [0.25, 0.3) is 0 Å². The van der Waals surface area contributed by atoms with Crippen LogP contribution in [0.4, 0.5) is 0 Å². The number of hydrogen-bond acceptors (Lipinski definition) is 3. The molecular weight excluding hydrogens is 200 g/mol. The highest BCUT2D eigenvalue weighted by molar-refractivity contribution is 4.80. The van der Waals surface area contributed by atoms with E-state index in [1.54, 1.807) is 7.11 Å². The Balaban J connectivity index is 2.20. The van der Waals surface area contributed by atoms with Crippen molar-refractivity contribution < 1.29 is 4.74 Å². The predicted molar refractivity (Wildman–Crippen MR) is 68.8 cm³/mol. The van der Waals surface area contributed by atoms with E-state index in [1.807, 2.05) is 0 Å². The average molecular weight is 228 g/mol. The number of rotatable bonds is 7. The molecule has 0 saturated carbocycles. The van der Waals surface area contributed by atoms with Crippen LogP contribution in [-0.4, -0.2) is 50.3 Å². The van der Waals surface area contributed by atoms with Gasteiger partial charge in [0.05, 0.1) is 6.61 Å². The molecule has 1 rings (SSSR count). The summed E-state index contributed by atoms with van der Waals surface area (Å²) >= 11 is 0. The molecule has 3 atom stereocenters. The fourth-order valence-corrected chi connectivity index (χ4v) is 2.28. The highest BCUT2D eigenvalue weighted by Gasteiger charge is 2.25. The summed E-state index contributed by atoms with van der Waals surface area (Å²) in [5.41, 5.74) is 0. The normalized spacial score (nSPS) is 25.9. The van der Waals surface area contributed by atoms with Gasteiger partial charge in [-0.3, -0.25) is 4.90 Å². The highest BCUT2D eigenvalue weighted by atomic mass is 16.5. The Morgan fingerprint density at radius 2 is 2.19 bits per heavy atom. The lowest BCUT2D eigenvalue weighted by atomic mass is 10.1. The van der Waals surface area contributed by atoms with Gasteiger partial charge in [0, 0.05) is 32.3 Å². The Kier molecular flexibility index (Phi) is 6.32. The quantitative estimate of drug-likeness (QED) is 0.718.